The molecule has 0 radical (unpaired) electrons. The number of hydrogen-bond donors (Lipinski definition) is 1. The van der Waals surface area contributed by atoms with E-state index in [0.29, 0.717) is 5.92 Å². The fraction of sp³-hybridized carbons (Fsp3) is 0.708. The highest BCUT2D eigenvalue weighted by molar-refractivity contribution is 5.28. The minimum atomic E-state index is 0.450. The molecular formula is C24H41N2+. The van der Waals surface area contributed by atoms with E-state index in [1.807, 2.05) is 4.58 Å². The fourth-order valence-electron chi connectivity index (χ4n) is 3.55. The largest absolute Gasteiger partial charge is 0.303 e. The first kappa shape index (κ1) is 22.6. The first-order chi connectivity index (χ1) is 12.8. The van der Waals surface area contributed by atoms with E-state index in [1.165, 1.54) is 82.6 Å². The molecule has 0 amide bonds. The van der Waals surface area contributed by atoms with Crippen molar-refractivity contribution in [2.45, 2.75) is 96.8 Å². The highest BCUT2D eigenvalue weighted by Gasteiger charge is 2.10. The standard InChI is InChI=1S/C24H41N2/c1-3-4-5-6-7-8-9-10-11-12-13-17-20-26(22-25)21-23(2)24-18-15-14-16-19-24/h14-16,18-19,23,25H,3-13,17,20-21H2,1-2H3/q+1. The van der Waals surface area contributed by atoms with E-state index >= 15 is 0 Å². The molecule has 1 aromatic carbocycles. The average molecular weight is 358 g/mol. The Labute approximate surface area is 162 Å². The molecule has 1 N–H and O–H groups in total. The normalized spacial score (nSPS) is 11.9. The second-order valence-electron chi connectivity index (χ2n) is 7.76. The lowest BCUT2D eigenvalue weighted by Gasteiger charge is -2.11. The van der Waals surface area contributed by atoms with Crippen molar-refractivity contribution in [2.24, 2.45) is 0 Å². The number of hydrogen-bond acceptors (Lipinski definition) is 1. The van der Waals surface area contributed by atoms with Crippen LogP contribution in [0.15, 0.2) is 30.3 Å². The zero-order valence-corrected chi connectivity index (χ0v) is 17.3. The van der Waals surface area contributed by atoms with Gasteiger partial charge in [0.2, 0.25) is 0 Å². The summed E-state index contributed by atoms with van der Waals surface area (Å²) in [6.07, 6.45) is 16.5. The zero-order valence-electron chi connectivity index (χ0n) is 17.3. The van der Waals surface area contributed by atoms with Crippen molar-refractivity contribution in [2.75, 3.05) is 13.1 Å². The van der Waals surface area contributed by atoms with Crippen LogP contribution in [0.5, 0.6) is 0 Å². The van der Waals surface area contributed by atoms with Crippen LogP contribution in [0.4, 0.5) is 0 Å². The monoisotopic (exact) mass is 357 g/mol. The summed E-state index contributed by atoms with van der Waals surface area (Å²) in [6, 6.07) is 13.2. The third kappa shape index (κ3) is 11.3. The Hall–Kier alpha value is -1.40. The number of rotatable bonds is 16. The summed E-state index contributed by atoms with van der Waals surface area (Å²) in [7, 11) is 0. The second kappa shape index (κ2) is 15.8. The Morgan fingerprint density at radius 2 is 1.31 bits per heavy atom. The molecule has 146 valence electrons. The van der Waals surface area contributed by atoms with Gasteiger partial charge in [-0.3, -0.25) is 0 Å². The van der Waals surface area contributed by atoms with E-state index in [4.69, 9.17) is 5.41 Å². The van der Waals surface area contributed by atoms with Gasteiger partial charge in [0.1, 0.15) is 0 Å². The molecule has 2 nitrogen and oxygen atoms in total. The van der Waals surface area contributed by atoms with Crippen LogP contribution in [0.3, 0.4) is 0 Å². The van der Waals surface area contributed by atoms with Crippen molar-refractivity contribution >= 4 is 6.01 Å². The SMILES string of the molecule is CCCCCCCCCCCCCC[N+](=C=N)CC(C)c1ccccc1. The van der Waals surface area contributed by atoms with Crippen LogP contribution in [0.25, 0.3) is 0 Å². The van der Waals surface area contributed by atoms with Crippen molar-refractivity contribution in [3.05, 3.63) is 35.9 Å². The van der Waals surface area contributed by atoms with Gasteiger partial charge in [0.25, 0.3) is 0 Å². The summed E-state index contributed by atoms with van der Waals surface area (Å²) in [5, 5.41) is 7.54. The molecule has 0 aliphatic carbocycles. The molecule has 0 aliphatic heterocycles. The quantitative estimate of drug-likeness (QED) is 0.183. The number of nitrogens with one attached hydrogen (secondary N) is 1. The summed E-state index contributed by atoms with van der Waals surface area (Å²) >= 11 is 0. The summed E-state index contributed by atoms with van der Waals surface area (Å²) in [4.78, 5) is 0. The lowest BCUT2D eigenvalue weighted by atomic mass is 10.0. The third-order valence-electron chi connectivity index (χ3n) is 5.30. The molecular weight excluding hydrogens is 316 g/mol. The van der Waals surface area contributed by atoms with Gasteiger partial charge in [-0.25, -0.2) is 4.58 Å². The third-order valence-corrected chi connectivity index (χ3v) is 5.30. The topological polar surface area (TPSA) is 26.9 Å². The van der Waals surface area contributed by atoms with Crippen LogP contribution in [0.2, 0.25) is 0 Å². The summed E-state index contributed by atoms with van der Waals surface area (Å²) in [5.41, 5.74) is 1.35. The van der Waals surface area contributed by atoms with Gasteiger partial charge in [0.05, 0.1) is 13.1 Å². The van der Waals surface area contributed by atoms with Crippen LogP contribution in [-0.2, 0) is 0 Å². The van der Waals surface area contributed by atoms with Crippen LogP contribution >= 0.6 is 0 Å². The van der Waals surface area contributed by atoms with Gasteiger partial charge in [0, 0.05) is 5.92 Å². The molecule has 0 aromatic heterocycles. The smallest absolute Gasteiger partial charge is 0.220 e. The number of nitrogens with zero attached hydrogens (tertiary/aromatic N) is 1. The van der Waals surface area contributed by atoms with Crippen LogP contribution < -0.4 is 0 Å². The van der Waals surface area contributed by atoms with Gasteiger partial charge in [0.15, 0.2) is 0 Å². The van der Waals surface area contributed by atoms with E-state index in [2.05, 4.69) is 50.2 Å². The maximum absolute atomic E-state index is 7.54. The molecule has 0 saturated carbocycles. The Balaban J connectivity index is 2.00. The minimum absolute atomic E-state index is 0.450. The molecule has 1 atom stereocenters. The van der Waals surface area contributed by atoms with Crippen molar-refractivity contribution < 1.29 is 4.58 Å². The molecule has 2 heteroatoms. The van der Waals surface area contributed by atoms with E-state index in [-0.39, 0.29) is 0 Å². The average Bonchev–Trinajstić information content (AvgIpc) is 2.68. The Kier molecular flexibility index (Phi) is 13.8. The number of benzene rings is 1. The van der Waals surface area contributed by atoms with Crippen molar-refractivity contribution in [1.82, 2.24) is 0 Å². The van der Waals surface area contributed by atoms with Crippen molar-refractivity contribution in [1.29, 1.82) is 5.41 Å². The lowest BCUT2D eigenvalue weighted by Crippen LogP contribution is -2.18. The maximum Gasteiger partial charge on any atom is 0.303 e. The Bertz CT molecular complexity index is 488. The van der Waals surface area contributed by atoms with E-state index in [1.54, 1.807) is 0 Å². The molecule has 0 aliphatic rings. The van der Waals surface area contributed by atoms with Gasteiger partial charge in [-0.1, -0.05) is 114 Å². The fourth-order valence-corrected chi connectivity index (χ4v) is 3.55. The van der Waals surface area contributed by atoms with Gasteiger partial charge < -0.3 is 0 Å². The van der Waals surface area contributed by atoms with Crippen molar-refractivity contribution in [3.63, 3.8) is 0 Å². The molecule has 0 bridgehead atoms. The minimum Gasteiger partial charge on any atom is -0.220 e. The molecule has 0 fully saturated rings. The molecule has 1 unspecified atom stereocenters. The Morgan fingerprint density at radius 3 is 1.81 bits per heavy atom. The van der Waals surface area contributed by atoms with Crippen LogP contribution in [0, 0.1) is 5.41 Å². The molecule has 0 spiro atoms. The molecule has 0 saturated heterocycles. The summed E-state index contributed by atoms with van der Waals surface area (Å²) in [6.45, 7) is 6.38. The van der Waals surface area contributed by atoms with E-state index in [9.17, 15) is 0 Å². The first-order valence-corrected chi connectivity index (χ1v) is 11.0. The predicted molar refractivity (Wildman–Crippen MR) is 114 cm³/mol. The molecule has 26 heavy (non-hydrogen) atoms. The van der Waals surface area contributed by atoms with Crippen LogP contribution in [0.1, 0.15) is 102 Å². The summed E-state index contributed by atoms with van der Waals surface area (Å²) < 4.78 is 2.05. The first-order valence-electron chi connectivity index (χ1n) is 11.0. The predicted octanol–water partition coefficient (Wildman–Crippen LogP) is 7.26. The maximum atomic E-state index is 7.54. The second-order valence-corrected chi connectivity index (χ2v) is 7.76. The van der Waals surface area contributed by atoms with Crippen LogP contribution in [-0.4, -0.2) is 23.7 Å². The van der Waals surface area contributed by atoms with Gasteiger partial charge in [-0.15, -0.1) is 0 Å². The lowest BCUT2D eigenvalue weighted by molar-refractivity contribution is -0.525. The van der Waals surface area contributed by atoms with Gasteiger partial charge in [-0.2, -0.15) is 0 Å². The van der Waals surface area contributed by atoms with E-state index in [0.717, 1.165) is 13.1 Å². The molecule has 1 rings (SSSR count). The molecule has 1 aromatic rings. The molecule has 0 heterocycles. The van der Waals surface area contributed by atoms with E-state index < -0.39 is 0 Å². The summed E-state index contributed by atoms with van der Waals surface area (Å²) in [5.74, 6) is 0.450. The number of unbranched alkanes of at least 4 members (excludes halogenated alkanes) is 11. The van der Waals surface area contributed by atoms with Crippen molar-refractivity contribution in [3.8, 4) is 0 Å². The zero-order chi connectivity index (χ0) is 18.9. The van der Waals surface area contributed by atoms with Gasteiger partial charge >= 0.3 is 6.01 Å². The Morgan fingerprint density at radius 1 is 0.808 bits per heavy atom. The highest BCUT2D eigenvalue weighted by Crippen LogP contribution is 2.15. The van der Waals surface area contributed by atoms with Gasteiger partial charge in [-0.05, 0) is 18.4 Å². The highest BCUT2D eigenvalue weighted by atomic mass is 15.0.